The molecule has 1 atom stereocenters. The monoisotopic (exact) mass is 378 g/mol. The van der Waals surface area contributed by atoms with Gasteiger partial charge in [0.15, 0.2) is 5.16 Å². The van der Waals surface area contributed by atoms with Crippen molar-refractivity contribution < 1.29 is 8.78 Å². The molecule has 7 heteroatoms. The third kappa shape index (κ3) is 2.69. The molecule has 130 valence electrons. The van der Waals surface area contributed by atoms with Gasteiger partial charge in [0.25, 0.3) is 5.56 Å². The van der Waals surface area contributed by atoms with Crippen molar-refractivity contribution in [2.75, 3.05) is 0 Å². The van der Waals surface area contributed by atoms with E-state index in [1.54, 1.807) is 25.3 Å². The lowest BCUT2D eigenvalue weighted by molar-refractivity contribution is 0.557. The quantitative estimate of drug-likeness (QED) is 0.493. The summed E-state index contributed by atoms with van der Waals surface area (Å²) in [5.74, 6) is -1.16. The normalized spacial score (nSPS) is 14.9. The first-order chi connectivity index (χ1) is 12.0. The van der Waals surface area contributed by atoms with Crippen LogP contribution in [-0.4, -0.2) is 9.55 Å². The van der Waals surface area contributed by atoms with Crippen molar-refractivity contribution in [1.29, 1.82) is 0 Å². The van der Waals surface area contributed by atoms with E-state index < -0.39 is 16.9 Å². The highest BCUT2D eigenvalue weighted by Gasteiger charge is 2.24. The molecule has 1 aromatic carbocycles. The second-order valence-electron chi connectivity index (χ2n) is 6.19. The van der Waals surface area contributed by atoms with Crippen molar-refractivity contribution in [3.05, 3.63) is 56.2 Å². The fourth-order valence-electron chi connectivity index (χ4n) is 3.33. The van der Waals surface area contributed by atoms with Crippen molar-refractivity contribution in [3.63, 3.8) is 0 Å². The Labute approximate surface area is 151 Å². The minimum atomic E-state index is -0.582. The molecule has 0 radical (unpaired) electrons. The number of thiophene rings is 1. The van der Waals surface area contributed by atoms with Crippen LogP contribution in [0.1, 0.15) is 34.6 Å². The topological polar surface area (TPSA) is 34.9 Å². The van der Waals surface area contributed by atoms with E-state index in [4.69, 9.17) is 0 Å². The minimum Gasteiger partial charge on any atom is -0.290 e. The van der Waals surface area contributed by atoms with Gasteiger partial charge in [0.05, 0.1) is 5.39 Å². The Hall–Kier alpha value is -1.73. The van der Waals surface area contributed by atoms with Gasteiger partial charge in [-0.3, -0.25) is 9.36 Å². The van der Waals surface area contributed by atoms with Gasteiger partial charge in [0.1, 0.15) is 16.5 Å². The first-order valence-corrected chi connectivity index (χ1v) is 9.79. The summed E-state index contributed by atoms with van der Waals surface area (Å²) in [6.07, 6.45) is 3.01. The number of aromatic nitrogens is 2. The van der Waals surface area contributed by atoms with E-state index in [0.29, 0.717) is 10.5 Å². The van der Waals surface area contributed by atoms with Gasteiger partial charge in [0.2, 0.25) is 0 Å². The molecule has 2 heterocycles. The largest absolute Gasteiger partial charge is 0.290 e. The van der Waals surface area contributed by atoms with E-state index >= 15 is 0 Å². The minimum absolute atomic E-state index is 0.00974. The van der Waals surface area contributed by atoms with Gasteiger partial charge < -0.3 is 0 Å². The Bertz CT molecular complexity index is 1020. The highest BCUT2D eigenvalue weighted by Crippen LogP contribution is 2.39. The molecule has 0 bridgehead atoms. The molecule has 0 N–H and O–H groups in total. The Balaban J connectivity index is 1.77. The van der Waals surface area contributed by atoms with E-state index in [2.05, 4.69) is 4.98 Å². The second kappa shape index (κ2) is 6.21. The predicted molar refractivity (Wildman–Crippen MR) is 97.5 cm³/mol. The van der Waals surface area contributed by atoms with Crippen LogP contribution in [0.5, 0.6) is 0 Å². The summed E-state index contributed by atoms with van der Waals surface area (Å²) in [5, 5.41) is 0.699. The van der Waals surface area contributed by atoms with Crippen molar-refractivity contribution in [2.24, 2.45) is 7.05 Å². The number of aryl methyl sites for hydroxylation is 2. The molecule has 0 fully saturated rings. The van der Waals surface area contributed by atoms with Crippen LogP contribution in [0.15, 0.2) is 28.2 Å². The first-order valence-electron chi connectivity index (χ1n) is 8.09. The summed E-state index contributed by atoms with van der Waals surface area (Å²) in [6, 6.07) is 3.84. The van der Waals surface area contributed by atoms with Crippen LogP contribution in [0.25, 0.3) is 10.2 Å². The number of fused-ring (bicyclic) bond motifs is 3. The van der Waals surface area contributed by atoms with Crippen LogP contribution in [0.3, 0.4) is 0 Å². The number of hydrogen-bond acceptors (Lipinski definition) is 4. The number of benzene rings is 1. The van der Waals surface area contributed by atoms with E-state index in [1.807, 2.05) is 0 Å². The van der Waals surface area contributed by atoms with Crippen molar-refractivity contribution in [2.45, 2.75) is 36.6 Å². The van der Waals surface area contributed by atoms with E-state index in [9.17, 15) is 13.6 Å². The molecule has 0 spiro atoms. The highest BCUT2D eigenvalue weighted by molar-refractivity contribution is 7.99. The molecular weight excluding hydrogens is 362 g/mol. The molecule has 4 rings (SSSR count). The summed E-state index contributed by atoms with van der Waals surface area (Å²) in [6.45, 7) is 1.72. The lowest BCUT2D eigenvalue weighted by Gasteiger charge is -2.15. The molecule has 25 heavy (non-hydrogen) atoms. The molecule has 0 saturated heterocycles. The fraction of sp³-hybridized carbons (Fsp3) is 0.333. The number of rotatable bonds is 3. The maximum Gasteiger partial charge on any atom is 0.262 e. The van der Waals surface area contributed by atoms with Crippen LogP contribution in [0.4, 0.5) is 8.78 Å². The van der Waals surface area contributed by atoms with E-state index in [-0.39, 0.29) is 11.1 Å². The SMILES string of the molecule is CC(Sc1nc2sc3c(c2c(=O)n1C)CCC3)c1c(F)cccc1F. The van der Waals surface area contributed by atoms with Crippen molar-refractivity contribution in [3.8, 4) is 0 Å². The maximum absolute atomic E-state index is 14.0. The third-order valence-electron chi connectivity index (χ3n) is 4.59. The van der Waals surface area contributed by atoms with Crippen LogP contribution >= 0.6 is 23.1 Å². The zero-order chi connectivity index (χ0) is 17.7. The molecule has 3 aromatic rings. The lowest BCUT2D eigenvalue weighted by atomic mass is 10.1. The Morgan fingerprint density at radius 1 is 1.28 bits per heavy atom. The zero-order valence-electron chi connectivity index (χ0n) is 13.8. The molecule has 0 amide bonds. The van der Waals surface area contributed by atoms with Gasteiger partial charge >= 0.3 is 0 Å². The first kappa shape index (κ1) is 16.7. The van der Waals surface area contributed by atoms with Crippen LogP contribution < -0.4 is 5.56 Å². The smallest absolute Gasteiger partial charge is 0.262 e. The molecule has 1 aliphatic rings. The Kier molecular flexibility index (Phi) is 4.16. The standard InChI is InChI=1S/C18H16F2N2OS2/c1-9(14-11(19)6-4-7-12(14)20)24-18-21-16-15(17(23)22(18)2)10-5-3-8-13(10)25-16/h4,6-7,9H,3,5,8H2,1-2H3. The van der Waals surface area contributed by atoms with E-state index in [1.165, 1.54) is 39.4 Å². The molecule has 0 aliphatic heterocycles. The van der Waals surface area contributed by atoms with Crippen molar-refractivity contribution >= 4 is 33.3 Å². The summed E-state index contributed by atoms with van der Waals surface area (Å²) < 4.78 is 29.5. The molecule has 1 aliphatic carbocycles. The molecule has 2 aromatic heterocycles. The highest BCUT2D eigenvalue weighted by atomic mass is 32.2. The van der Waals surface area contributed by atoms with Crippen LogP contribution in [-0.2, 0) is 19.9 Å². The Morgan fingerprint density at radius 2 is 2.00 bits per heavy atom. The summed E-state index contributed by atoms with van der Waals surface area (Å²) in [4.78, 5) is 19.4. The lowest BCUT2D eigenvalue weighted by Crippen LogP contribution is -2.20. The van der Waals surface area contributed by atoms with Gasteiger partial charge in [-0.15, -0.1) is 11.3 Å². The molecule has 1 unspecified atom stereocenters. The second-order valence-corrected chi connectivity index (χ2v) is 8.58. The van der Waals surface area contributed by atoms with Crippen molar-refractivity contribution in [1.82, 2.24) is 9.55 Å². The van der Waals surface area contributed by atoms with Gasteiger partial charge in [-0.05, 0) is 43.9 Å². The molecular formula is C18H16F2N2OS2. The van der Waals surface area contributed by atoms with Gasteiger partial charge in [-0.25, -0.2) is 13.8 Å². The molecule has 3 nitrogen and oxygen atoms in total. The van der Waals surface area contributed by atoms with Crippen LogP contribution in [0.2, 0.25) is 0 Å². The summed E-state index contributed by atoms with van der Waals surface area (Å²) >= 11 is 2.77. The Morgan fingerprint density at radius 3 is 2.72 bits per heavy atom. The van der Waals surface area contributed by atoms with Gasteiger partial charge in [-0.1, -0.05) is 17.8 Å². The average molecular weight is 378 g/mol. The number of halogens is 2. The fourth-order valence-corrected chi connectivity index (χ4v) is 5.68. The third-order valence-corrected chi connectivity index (χ3v) is 6.94. The van der Waals surface area contributed by atoms with Crippen LogP contribution in [0, 0.1) is 11.6 Å². The maximum atomic E-state index is 14.0. The number of thioether (sulfide) groups is 1. The summed E-state index contributed by atoms with van der Waals surface area (Å²) in [5.41, 5.74) is 1.07. The summed E-state index contributed by atoms with van der Waals surface area (Å²) in [7, 11) is 1.67. The number of nitrogens with zero attached hydrogens (tertiary/aromatic N) is 2. The number of hydrogen-bond donors (Lipinski definition) is 0. The predicted octanol–water partition coefficient (Wildman–Crippen LogP) is 4.62. The zero-order valence-corrected chi connectivity index (χ0v) is 15.4. The molecule has 0 saturated carbocycles. The van der Waals surface area contributed by atoms with Gasteiger partial charge in [0, 0.05) is 22.7 Å². The average Bonchev–Trinajstić information content (AvgIpc) is 3.12. The van der Waals surface area contributed by atoms with E-state index in [0.717, 1.165) is 29.7 Å². The van der Waals surface area contributed by atoms with Gasteiger partial charge in [-0.2, -0.15) is 0 Å².